The largest absolute Gasteiger partial charge is 0.463 e. The first-order valence-electron chi connectivity index (χ1n) is 6.67. The number of carbonyl (C=O) groups excluding carboxylic acids is 2. The molecule has 0 unspecified atom stereocenters. The van der Waals surface area contributed by atoms with Crippen LogP contribution in [0.25, 0.3) is 0 Å². The van der Waals surface area contributed by atoms with E-state index in [1.165, 1.54) is 0 Å². The molecule has 0 aromatic heterocycles. The molecule has 0 bridgehead atoms. The number of hydrogen-bond donors (Lipinski definition) is 0. The van der Waals surface area contributed by atoms with Crippen molar-refractivity contribution in [3.8, 4) is 0 Å². The summed E-state index contributed by atoms with van der Waals surface area (Å²) in [5, 5.41) is 0. The van der Waals surface area contributed by atoms with Crippen molar-refractivity contribution in [3.05, 3.63) is 0 Å². The quantitative estimate of drug-likeness (QED) is 0.395. The van der Waals surface area contributed by atoms with Crippen LogP contribution in [-0.4, -0.2) is 51.6 Å². The fourth-order valence-electron chi connectivity index (χ4n) is 1.13. The maximum atomic E-state index is 11.0. The third-order valence-corrected chi connectivity index (χ3v) is 2.10. The Morgan fingerprint density at radius 3 is 1.68 bits per heavy atom. The molecule has 0 saturated carbocycles. The van der Waals surface area contributed by atoms with Crippen LogP contribution in [-0.2, 0) is 28.5 Å². The van der Waals surface area contributed by atoms with Crippen molar-refractivity contribution >= 4 is 11.9 Å². The Kier molecular flexibility index (Phi) is 12.5. The summed E-state index contributed by atoms with van der Waals surface area (Å²) in [4.78, 5) is 21.8. The van der Waals surface area contributed by atoms with E-state index in [1.54, 1.807) is 6.92 Å². The second-order valence-corrected chi connectivity index (χ2v) is 3.77. The molecule has 0 aromatic carbocycles. The SMILES string of the molecule is CCCC(=O)OCCOCCOCCOC(=O)CC. The lowest BCUT2D eigenvalue weighted by Crippen LogP contribution is -2.14. The van der Waals surface area contributed by atoms with Gasteiger partial charge in [-0.2, -0.15) is 0 Å². The van der Waals surface area contributed by atoms with Crippen LogP contribution in [0.15, 0.2) is 0 Å². The minimum absolute atomic E-state index is 0.194. The Hall–Kier alpha value is -1.14. The van der Waals surface area contributed by atoms with Gasteiger partial charge in [-0.05, 0) is 6.42 Å². The molecule has 0 aliphatic carbocycles. The lowest BCUT2D eigenvalue weighted by atomic mass is 10.3. The number of carbonyl (C=O) groups is 2. The van der Waals surface area contributed by atoms with Gasteiger partial charge in [0.05, 0.1) is 26.4 Å². The van der Waals surface area contributed by atoms with E-state index in [4.69, 9.17) is 18.9 Å². The maximum absolute atomic E-state index is 11.0. The molecule has 0 saturated heterocycles. The molecule has 0 aliphatic rings. The summed E-state index contributed by atoms with van der Waals surface area (Å²) in [5.41, 5.74) is 0. The predicted octanol–water partition coefficient (Wildman–Crippen LogP) is 1.32. The molecule has 0 atom stereocenters. The van der Waals surface area contributed by atoms with Crippen LogP contribution in [0.2, 0.25) is 0 Å². The van der Waals surface area contributed by atoms with Crippen molar-refractivity contribution in [2.75, 3.05) is 39.6 Å². The van der Waals surface area contributed by atoms with E-state index < -0.39 is 0 Å². The lowest BCUT2D eigenvalue weighted by molar-refractivity contribution is -0.146. The van der Waals surface area contributed by atoms with Crippen molar-refractivity contribution < 1.29 is 28.5 Å². The van der Waals surface area contributed by atoms with E-state index in [9.17, 15) is 9.59 Å². The van der Waals surface area contributed by atoms with Gasteiger partial charge in [-0.15, -0.1) is 0 Å². The van der Waals surface area contributed by atoms with E-state index >= 15 is 0 Å². The molecule has 0 N–H and O–H groups in total. The monoisotopic (exact) mass is 276 g/mol. The fraction of sp³-hybridized carbons (Fsp3) is 0.846. The van der Waals surface area contributed by atoms with Crippen molar-refractivity contribution in [1.29, 1.82) is 0 Å². The first kappa shape index (κ1) is 17.9. The van der Waals surface area contributed by atoms with Crippen molar-refractivity contribution in [2.24, 2.45) is 0 Å². The highest BCUT2D eigenvalue weighted by molar-refractivity contribution is 5.69. The summed E-state index contributed by atoms with van der Waals surface area (Å²) in [6.07, 6.45) is 1.61. The van der Waals surface area contributed by atoms with Gasteiger partial charge in [0.1, 0.15) is 13.2 Å². The molecule has 6 heteroatoms. The Balaban J connectivity index is 3.11. The first-order chi connectivity index (χ1) is 9.20. The standard InChI is InChI=1S/C13H24O6/c1-3-5-13(15)19-11-9-17-7-6-16-8-10-18-12(14)4-2/h3-11H2,1-2H3. The van der Waals surface area contributed by atoms with Crippen molar-refractivity contribution in [1.82, 2.24) is 0 Å². The average molecular weight is 276 g/mol. The number of ether oxygens (including phenoxy) is 4. The molecule has 0 rings (SSSR count). The second-order valence-electron chi connectivity index (χ2n) is 3.77. The van der Waals surface area contributed by atoms with E-state index in [1.807, 2.05) is 6.92 Å². The lowest BCUT2D eigenvalue weighted by Gasteiger charge is -2.07. The molecule has 112 valence electrons. The van der Waals surface area contributed by atoms with E-state index in [0.717, 1.165) is 6.42 Å². The minimum atomic E-state index is -0.228. The summed E-state index contributed by atoms with van der Waals surface area (Å²) >= 11 is 0. The predicted molar refractivity (Wildman–Crippen MR) is 68.8 cm³/mol. The van der Waals surface area contributed by atoms with E-state index in [-0.39, 0.29) is 25.2 Å². The Morgan fingerprint density at radius 1 is 0.737 bits per heavy atom. The summed E-state index contributed by atoms with van der Waals surface area (Å²) in [5.74, 6) is -0.422. The molecule has 0 amide bonds. The van der Waals surface area contributed by atoms with Gasteiger partial charge in [0.25, 0.3) is 0 Å². The molecule has 19 heavy (non-hydrogen) atoms. The maximum Gasteiger partial charge on any atom is 0.305 e. The summed E-state index contributed by atoms with van der Waals surface area (Å²) in [7, 11) is 0. The highest BCUT2D eigenvalue weighted by Crippen LogP contribution is 1.91. The molecule has 6 nitrogen and oxygen atoms in total. The normalized spacial score (nSPS) is 10.2. The van der Waals surface area contributed by atoms with Crippen molar-refractivity contribution in [2.45, 2.75) is 33.1 Å². The van der Waals surface area contributed by atoms with Crippen LogP contribution < -0.4 is 0 Å². The minimum Gasteiger partial charge on any atom is -0.463 e. The van der Waals surface area contributed by atoms with Gasteiger partial charge in [-0.25, -0.2) is 0 Å². The van der Waals surface area contributed by atoms with Gasteiger partial charge in [0, 0.05) is 12.8 Å². The highest BCUT2D eigenvalue weighted by Gasteiger charge is 2.00. The molecule has 0 spiro atoms. The Labute approximate surface area is 114 Å². The number of hydrogen-bond acceptors (Lipinski definition) is 6. The molecule has 0 radical (unpaired) electrons. The van der Waals surface area contributed by atoms with E-state index in [2.05, 4.69) is 0 Å². The number of rotatable bonds is 12. The Morgan fingerprint density at radius 2 is 1.21 bits per heavy atom. The molecular formula is C13H24O6. The summed E-state index contributed by atoms with van der Waals surface area (Å²) in [6, 6.07) is 0. The van der Waals surface area contributed by atoms with Gasteiger partial charge in [0.2, 0.25) is 0 Å². The number of esters is 2. The molecule has 0 heterocycles. The molecule has 0 aromatic rings. The van der Waals surface area contributed by atoms with Crippen LogP contribution in [0.4, 0.5) is 0 Å². The van der Waals surface area contributed by atoms with Crippen molar-refractivity contribution in [3.63, 3.8) is 0 Å². The third kappa shape index (κ3) is 13.1. The van der Waals surface area contributed by atoms with Crippen LogP contribution in [0, 0.1) is 0 Å². The van der Waals surface area contributed by atoms with E-state index in [0.29, 0.717) is 39.3 Å². The van der Waals surface area contributed by atoms with Gasteiger partial charge >= 0.3 is 11.9 Å². The zero-order valence-electron chi connectivity index (χ0n) is 11.8. The zero-order chi connectivity index (χ0) is 14.3. The summed E-state index contributed by atoms with van der Waals surface area (Å²) < 4.78 is 20.1. The highest BCUT2D eigenvalue weighted by atomic mass is 16.6. The first-order valence-corrected chi connectivity index (χ1v) is 6.67. The molecule has 0 aliphatic heterocycles. The smallest absolute Gasteiger partial charge is 0.305 e. The second kappa shape index (κ2) is 13.3. The van der Waals surface area contributed by atoms with Gasteiger partial charge < -0.3 is 18.9 Å². The summed E-state index contributed by atoms with van der Waals surface area (Å²) in [6.45, 7) is 5.77. The fourth-order valence-corrected chi connectivity index (χ4v) is 1.13. The van der Waals surface area contributed by atoms with Gasteiger partial charge in [0.15, 0.2) is 0 Å². The average Bonchev–Trinajstić information content (AvgIpc) is 2.40. The van der Waals surface area contributed by atoms with Gasteiger partial charge in [-0.3, -0.25) is 9.59 Å². The third-order valence-electron chi connectivity index (χ3n) is 2.10. The molecule has 0 fully saturated rings. The Bertz CT molecular complexity index is 241. The molecular weight excluding hydrogens is 252 g/mol. The topological polar surface area (TPSA) is 71.1 Å². The van der Waals surface area contributed by atoms with Crippen LogP contribution in [0.3, 0.4) is 0 Å². The van der Waals surface area contributed by atoms with Crippen LogP contribution >= 0.6 is 0 Å². The van der Waals surface area contributed by atoms with Gasteiger partial charge in [-0.1, -0.05) is 13.8 Å². The van der Waals surface area contributed by atoms with Crippen LogP contribution in [0.5, 0.6) is 0 Å². The zero-order valence-corrected chi connectivity index (χ0v) is 11.8. The van der Waals surface area contributed by atoms with Crippen LogP contribution in [0.1, 0.15) is 33.1 Å².